The highest BCUT2D eigenvalue weighted by Gasteiger charge is 2.37. The quantitative estimate of drug-likeness (QED) is 0.0183. The van der Waals surface area contributed by atoms with Gasteiger partial charge in [0.15, 0.2) is 0 Å². The lowest BCUT2D eigenvalue weighted by molar-refractivity contribution is -0.929. The molecule has 0 radical (unpaired) electrons. The third-order valence-corrected chi connectivity index (χ3v) is 16.4. The number of fused-ring (bicyclic) bond motifs is 3. The monoisotopic (exact) mass is 1080 g/mol. The van der Waals surface area contributed by atoms with E-state index >= 15 is 0 Å². The van der Waals surface area contributed by atoms with Crippen molar-refractivity contribution in [2.24, 2.45) is 0 Å². The molecule has 0 N–H and O–H groups in total. The van der Waals surface area contributed by atoms with Crippen molar-refractivity contribution in [1.82, 2.24) is 0 Å². The lowest BCUT2D eigenvalue weighted by Crippen LogP contribution is -2.50. The van der Waals surface area contributed by atoms with Crippen LogP contribution in [-0.4, -0.2) is 75.3 Å². The Kier molecular flexibility index (Phi) is 29.7. The molecule has 0 unspecified atom stereocenters. The molecule has 6 rings (SSSR count). The van der Waals surface area contributed by atoms with Gasteiger partial charge in [-0.2, -0.15) is 0 Å². The number of rotatable bonds is 32. The van der Waals surface area contributed by atoms with Crippen LogP contribution in [0.2, 0.25) is 15.1 Å². The second-order valence-corrected chi connectivity index (χ2v) is 22.9. The van der Waals surface area contributed by atoms with E-state index in [4.69, 9.17) is 39.5 Å². The van der Waals surface area contributed by atoms with Gasteiger partial charge in [-0.25, -0.2) is 0 Å². The number of quaternary nitrogens is 2. The Bertz CT molecular complexity index is 2220. The van der Waals surface area contributed by atoms with Gasteiger partial charge in [0.05, 0.1) is 59.7 Å². The summed E-state index contributed by atoms with van der Waals surface area (Å²) in [5, 5.41) is 30.7. The predicted octanol–water partition coefficient (Wildman–Crippen LogP) is 18.0. The first-order valence-corrected chi connectivity index (χ1v) is 30.7. The van der Waals surface area contributed by atoms with Crippen LogP contribution in [0.5, 0.6) is 0 Å². The van der Waals surface area contributed by atoms with E-state index in [1.54, 1.807) is 0 Å². The van der Waals surface area contributed by atoms with Crippen LogP contribution in [0.15, 0.2) is 109 Å². The molecule has 0 saturated heterocycles. The Labute approximate surface area is 471 Å². The summed E-state index contributed by atoms with van der Waals surface area (Å²) in [5.74, 6) is 0. The molecule has 0 fully saturated rings. The summed E-state index contributed by atoms with van der Waals surface area (Å²) < 4.78 is 7.78. The molecule has 412 valence electrons. The Hall–Kier alpha value is -3.17. The minimum absolute atomic E-state index is 0.0645. The van der Waals surface area contributed by atoms with Gasteiger partial charge >= 0.3 is 0 Å². The highest BCUT2D eigenvalue weighted by Crippen LogP contribution is 2.46. The maximum absolute atomic E-state index is 11.2. The second kappa shape index (κ2) is 34.7. The minimum Gasteiger partial charge on any atom is -0.871 e. The van der Waals surface area contributed by atoms with E-state index in [0.717, 1.165) is 49.0 Å². The molecule has 0 aliphatic rings. The molecule has 0 atom stereocenters. The summed E-state index contributed by atoms with van der Waals surface area (Å²) in [7, 11) is -2.31. The molecular weight excluding hydrogens is 986 g/mol. The molecule has 75 heavy (non-hydrogen) atoms. The van der Waals surface area contributed by atoms with Gasteiger partial charge in [-0.05, 0) is 168 Å². The smallest absolute Gasteiger partial charge is 0.0786 e. The molecule has 0 spiro atoms. The van der Waals surface area contributed by atoms with Gasteiger partial charge in [-0.1, -0.05) is 196 Å². The van der Waals surface area contributed by atoms with E-state index in [2.05, 4.69) is 110 Å². The molecule has 0 saturated carbocycles. The summed E-state index contributed by atoms with van der Waals surface area (Å²) in [6.45, 7) is 30.1. The van der Waals surface area contributed by atoms with Gasteiger partial charge in [0, 0.05) is 27.1 Å². The Balaban J connectivity index is 0.000000297. The number of nitrogens with zero attached hydrogens (tertiary/aromatic N) is 2. The fourth-order valence-electron chi connectivity index (χ4n) is 11.2. The zero-order valence-electron chi connectivity index (χ0n) is 47.8. The molecule has 0 bridgehead atoms. The molecule has 0 aliphatic heterocycles. The Morgan fingerprint density at radius 1 is 0.360 bits per heavy atom. The van der Waals surface area contributed by atoms with E-state index < -0.39 is 12.7 Å². The third-order valence-electron chi connectivity index (χ3n) is 15.7. The van der Waals surface area contributed by atoms with Crippen molar-refractivity contribution in [2.75, 3.05) is 59.0 Å². The zero-order valence-corrected chi connectivity index (χ0v) is 50.1. The van der Waals surface area contributed by atoms with Crippen LogP contribution < -0.4 is 10.0 Å². The van der Waals surface area contributed by atoms with Gasteiger partial charge in [-0.15, -0.1) is 0 Å². The highest BCUT2D eigenvalue weighted by molar-refractivity contribution is 6.32. The summed E-state index contributed by atoms with van der Waals surface area (Å²) >= 11 is 18.9. The van der Waals surface area contributed by atoms with Crippen molar-refractivity contribution in [1.29, 1.82) is 0 Å². The minimum atomic E-state index is -2.31. The molecule has 0 aliphatic carbocycles. The van der Waals surface area contributed by atoms with Crippen LogP contribution in [-0.2, 0) is 10.1 Å². The molecular formula is C66H96BCl3N2O3. The SMILES string of the molecule is CCCC[N+](CCCC)(CCCC)CCCC.CCCC[N+](CCCC)(CCCC)CCCC.[O-]B([O-])OCCCC(c1ccc2cc(Cl)ccc2c1)(c1ccc2cc(Cl)ccc2c1)c1ccc2cc(Cl)ccc2c1. The summed E-state index contributed by atoms with van der Waals surface area (Å²) in [6, 6.07) is 36.9. The van der Waals surface area contributed by atoms with Crippen LogP contribution in [0.25, 0.3) is 32.3 Å². The standard InChI is InChI=1S/C34H24BCl3O3.2C16H36N/c36-31-11-5-22-16-28(8-2-25(22)19-31)34(14-1-15-41-35(39)40,29-9-3-26-20-32(37)12-6-23(26)17-29)30-10-4-27-21-33(38)13-7-24(27)18-30;2*1-5-9-13-17(14-10-6-2,15-11-7-3)16-12-8-4/h2-13,16-21H,1,14-15H2;2*5-16H2,1-4H3/q-2;2*+1. The van der Waals surface area contributed by atoms with Gasteiger partial charge < -0.3 is 23.7 Å². The molecule has 6 aromatic carbocycles. The lowest BCUT2D eigenvalue weighted by Gasteiger charge is -2.39. The van der Waals surface area contributed by atoms with E-state index in [9.17, 15) is 10.0 Å². The van der Waals surface area contributed by atoms with Crippen molar-refractivity contribution < 1.29 is 23.7 Å². The molecule has 0 heterocycles. The number of hydrogen-bond acceptors (Lipinski definition) is 3. The van der Waals surface area contributed by atoms with E-state index in [-0.39, 0.29) is 6.61 Å². The van der Waals surface area contributed by atoms with Crippen molar-refractivity contribution >= 4 is 74.4 Å². The van der Waals surface area contributed by atoms with E-state index in [1.165, 1.54) is 164 Å². The molecule has 0 aromatic heterocycles. The Morgan fingerprint density at radius 3 is 0.840 bits per heavy atom. The second-order valence-electron chi connectivity index (χ2n) is 21.6. The molecule has 5 nitrogen and oxygen atoms in total. The van der Waals surface area contributed by atoms with Crippen molar-refractivity contribution in [3.63, 3.8) is 0 Å². The van der Waals surface area contributed by atoms with E-state index in [1.807, 2.05) is 54.6 Å². The maximum Gasteiger partial charge on any atom is 0.0786 e. The van der Waals surface area contributed by atoms with Gasteiger partial charge in [0.2, 0.25) is 0 Å². The number of unbranched alkanes of at least 4 members (excludes halogenated alkanes) is 8. The fourth-order valence-corrected chi connectivity index (χ4v) is 11.7. The highest BCUT2D eigenvalue weighted by atomic mass is 35.5. The average Bonchev–Trinajstić information content (AvgIpc) is 3.42. The molecule has 0 amide bonds. The molecule has 6 aromatic rings. The number of halogens is 3. The zero-order chi connectivity index (χ0) is 54.5. The topological polar surface area (TPSA) is 55.3 Å². The Morgan fingerprint density at radius 2 is 0.600 bits per heavy atom. The first-order valence-electron chi connectivity index (χ1n) is 29.5. The third kappa shape index (κ3) is 20.2. The van der Waals surface area contributed by atoms with Crippen LogP contribution >= 0.6 is 34.8 Å². The van der Waals surface area contributed by atoms with Gasteiger partial charge in [0.1, 0.15) is 0 Å². The first kappa shape index (κ1) is 64.4. The van der Waals surface area contributed by atoms with Crippen LogP contribution in [0.4, 0.5) is 0 Å². The predicted molar refractivity (Wildman–Crippen MR) is 326 cm³/mol. The number of hydrogen-bond donors (Lipinski definition) is 0. The lowest BCUT2D eigenvalue weighted by atomic mass is 9.66. The van der Waals surface area contributed by atoms with Gasteiger partial charge in [-0.3, -0.25) is 0 Å². The van der Waals surface area contributed by atoms with Gasteiger partial charge in [0.25, 0.3) is 0 Å². The normalized spacial score (nSPS) is 12.0. The van der Waals surface area contributed by atoms with Crippen molar-refractivity contribution in [3.8, 4) is 0 Å². The van der Waals surface area contributed by atoms with Crippen molar-refractivity contribution in [2.45, 2.75) is 176 Å². The summed E-state index contributed by atoms with van der Waals surface area (Å²) in [5.41, 5.74) is 2.60. The average molecular weight is 1080 g/mol. The number of benzene rings is 6. The summed E-state index contributed by atoms with van der Waals surface area (Å²) in [6.07, 6.45) is 23.2. The summed E-state index contributed by atoms with van der Waals surface area (Å²) in [4.78, 5) is 0. The van der Waals surface area contributed by atoms with E-state index in [0.29, 0.717) is 27.9 Å². The largest absolute Gasteiger partial charge is 0.871 e. The van der Waals surface area contributed by atoms with Crippen LogP contribution in [0.1, 0.15) is 188 Å². The first-order chi connectivity index (χ1) is 36.3. The molecule has 9 heteroatoms. The fraction of sp³-hybridized carbons (Fsp3) is 0.545. The maximum atomic E-state index is 11.2. The van der Waals surface area contributed by atoms with Crippen molar-refractivity contribution in [3.05, 3.63) is 141 Å². The van der Waals surface area contributed by atoms with Crippen LogP contribution in [0, 0.1) is 0 Å². The van der Waals surface area contributed by atoms with Crippen LogP contribution in [0.3, 0.4) is 0 Å².